The van der Waals surface area contributed by atoms with Crippen LogP contribution in [0.2, 0.25) is 0 Å². The van der Waals surface area contributed by atoms with E-state index in [2.05, 4.69) is 5.32 Å². The predicted molar refractivity (Wildman–Crippen MR) is 97.6 cm³/mol. The Kier molecular flexibility index (Phi) is 5.66. The van der Waals surface area contributed by atoms with Crippen molar-refractivity contribution in [3.63, 3.8) is 0 Å². The maximum absolute atomic E-state index is 12.5. The second-order valence-electron chi connectivity index (χ2n) is 5.81. The Hall–Kier alpha value is -3.12. The summed E-state index contributed by atoms with van der Waals surface area (Å²) in [6.07, 6.45) is 1.94. The van der Waals surface area contributed by atoms with E-state index < -0.39 is 0 Å². The first-order valence-corrected chi connectivity index (χ1v) is 8.39. The number of benzene rings is 2. The molecule has 0 radical (unpaired) electrons. The number of nitrogens with one attached hydrogen (secondary N) is 1. The lowest BCUT2D eigenvalue weighted by Crippen LogP contribution is -2.33. The molecule has 0 bridgehead atoms. The Morgan fingerprint density at radius 3 is 2.42 bits per heavy atom. The quantitative estimate of drug-likeness (QED) is 0.710. The van der Waals surface area contributed by atoms with E-state index in [1.165, 1.54) is 11.0 Å². The summed E-state index contributed by atoms with van der Waals surface area (Å²) in [6.45, 7) is 0.515. The molecule has 0 atom stereocenters. The molecule has 6 heteroatoms. The Balaban J connectivity index is 1.58. The lowest BCUT2D eigenvalue weighted by atomic mass is 10.1. The van der Waals surface area contributed by atoms with Crippen LogP contribution in [0.25, 0.3) is 0 Å². The van der Waals surface area contributed by atoms with Gasteiger partial charge in [0.25, 0.3) is 11.8 Å². The number of rotatable bonds is 8. The van der Waals surface area contributed by atoms with Gasteiger partial charge in [0.2, 0.25) is 0 Å². The maximum atomic E-state index is 12.5. The molecular weight excluding hydrogens is 332 g/mol. The van der Waals surface area contributed by atoms with Crippen molar-refractivity contribution in [1.29, 1.82) is 0 Å². The number of nitrogens with zero attached hydrogens (tertiary/aromatic N) is 1. The number of ether oxygens (including phenoxy) is 1. The second kappa shape index (κ2) is 8.31. The van der Waals surface area contributed by atoms with Gasteiger partial charge in [0.15, 0.2) is 0 Å². The molecule has 1 aliphatic heterocycles. The molecule has 2 aromatic carbocycles. The number of carbonyl (C=O) groups is 2. The Morgan fingerprint density at radius 1 is 1.00 bits per heavy atom. The van der Waals surface area contributed by atoms with E-state index in [9.17, 15) is 9.59 Å². The molecule has 0 spiro atoms. The number of aliphatic hydroxyl groups is 1. The van der Waals surface area contributed by atoms with Crippen LogP contribution in [0.15, 0.2) is 66.4 Å². The fourth-order valence-electron chi connectivity index (χ4n) is 2.65. The molecule has 3 rings (SSSR count). The molecule has 2 aromatic rings. The van der Waals surface area contributed by atoms with Crippen LogP contribution in [0.3, 0.4) is 0 Å². The fraction of sp³-hybridized carbons (Fsp3) is 0.200. The number of aliphatic hydroxyl groups excluding tert-OH is 1. The summed E-state index contributed by atoms with van der Waals surface area (Å²) in [5.74, 6) is -0.0141. The van der Waals surface area contributed by atoms with Gasteiger partial charge in [0, 0.05) is 18.3 Å². The molecule has 0 unspecified atom stereocenters. The largest absolute Gasteiger partial charge is 0.491 e. The smallest absolute Gasteiger partial charge is 0.277 e. The van der Waals surface area contributed by atoms with Gasteiger partial charge in [-0.05, 0) is 36.2 Å². The van der Waals surface area contributed by atoms with Crippen molar-refractivity contribution in [2.45, 2.75) is 6.42 Å². The van der Waals surface area contributed by atoms with Crippen molar-refractivity contribution >= 4 is 17.5 Å². The predicted octanol–water partition coefficient (Wildman–Crippen LogP) is 1.96. The van der Waals surface area contributed by atoms with Crippen LogP contribution in [0, 0.1) is 0 Å². The summed E-state index contributed by atoms with van der Waals surface area (Å²) in [7, 11) is 0. The number of carbonyl (C=O) groups excluding carboxylic acids is 2. The number of anilines is 1. The van der Waals surface area contributed by atoms with Crippen molar-refractivity contribution in [3.05, 3.63) is 71.9 Å². The summed E-state index contributed by atoms with van der Waals surface area (Å²) in [5.41, 5.74) is 2.01. The van der Waals surface area contributed by atoms with Gasteiger partial charge >= 0.3 is 0 Å². The molecule has 0 aliphatic carbocycles. The van der Waals surface area contributed by atoms with Crippen molar-refractivity contribution < 1.29 is 19.4 Å². The number of imide groups is 1. The highest BCUT2D eigenvalue weighted by atomic mass is 16.5. The fourth-order valence-corrected chi connectivity index (χ4v) is 2.65. The molecule has 6 nitrogen and oxygen atoms in total. The van der Waals surface area contributed by atoms with E-state index in [-0.39, 0.29) is 30.7 Å². The van der Waals surface area contributed by atoms with Crippen LogP contribution in [0.4, 0.5) is 5.69 Å². The average Bonchev–Trinajstić information content (AvgIpc) is 2.93. The monoisotopic (exact) mass is 352 g/mol. The van der Waals surface area contributed by atoms with Gasteiger partial charge in [-0.2, -0.15) is 0 Å². The van der Waals surface area contributed by atoms with Gasteiger partial charge in [-0.25, -0.2) is 0 Å². The summed E-state index contributed by atoms with van der Waals surface area (Å²) < 4.78 is 5.29. The van der Waals surface area contributed by atoms with E-state index >= 15 is 0 Å². The molecular formula is C20H20N2O4. The van der Waals surface area contributed by atoms with Gasteiger partial charge in [-0.15, -0.1) is 0 Å². The number of amides is 2. The summed E-state index contributed by atoms with van der Waals surface area (Å²) in [5, 5.41) is 11.7. The minimum absolute atomic E-state index is 0.0533. The molecule has 1 heterocycles. The zero-order valence-electron chi connectivity index (χ0n) is 14.2. The zero-order valence-corrected chi connectivity index (χ0v) is 14.2. The third kappa shape index (κ3) is 4.29. The first-order valence-electron chi connectivity index (χ1n) is 8.39. The topological polar surface area (TPSA) is 78.9 Å². The van der Waals surface area contributed by atoms with E-state index in [4.69, 9.17) is 9.84 Å². The van der Waals surface area contributed by atoms with Crippen molar-refractivity contribution in [3.8, 4) is 5.75 Å². The maximum Gasteiger partial charge on any atom is 0.277 e. The number of hydrogen-bond acceptors (Lipinski definition) is 5. The third-order valence-electron chi connectivity index (χ3n) is 3.97. The molecule has 0 fully saturated rings. The molecule has 26 heavy (non-hydrogen) atoms. The highest BCUT2D eigenvalue weighted by molar-refractivity contribution is 6.17. The average molecular weight is 352 g/mol. The summed E-state index contributed by atoms with van der Waals surface area (Å²) in [6, 6.07) is 16.7. The van der Waals surface area contributed by atoms with E-state index in [1.54, 1.807) is 24.3 Å². The van der Waals surface area contributed by atoms with Gasteiger partial charge in [0.05, 0.1) is 6.61 Å². The van der Waals surface area contributed by atoms with Gasteiger partial charge in [-0.1, -0.05) is 30.3 Å². The van der Waals surface area contributed by atoms with Crippen LogP contribution in [0.5, 0.6) is 5.75 Å². The van der Waals surface area contributed by atoms with Crippen molar-refractivity contribution in [2.75, 3.05) is 25.1 Å². The first-order chi connectivity index (χ1) is 12.7. The van der Waals surface area contributed by atoms with E-state index in [1.807, 2.05) is 30.3 Å². The minimum Gasteiger partial charge on any atom is -0.491 e. The molecule has 0 saturated heterocycles. The van der Waals surface area contributed by atoms with Crippen molar-refractivity contribution in [1.82, 2.24) is 4.90 Å². The van der Waals surface area contributed by atoms with Gasteiger partial charge in [0.1, 0.15) is 18.1 Å². The molecule has 134 valence electrons. The SMILES string of the molecule is O=C1C=C(Nc2ccc(OCCO)cc2)C(=O)N1CCc1ccccc1. The Bertz CT molecular complexity index is 800. The zero-order chi connectivity index (χ0) is 18.4. The second-order valence-corrected chi connectivity index (χ2v) is 5.81. The van der Waals surface area contributed by atoms with Crippen LogP contribution in [-0.2, 0) is 16.0 Å². The normalized spacial score (nSPS) is 13.7. The van der Waals surface area contributed by atoms with Crippen LogP contribution in [-0.4, -0.2) is 41.6 Å². The lowest BCUT2D eigenvalue weighted by molar-refractivity contribution is -0.137. The molecule has 0 saturated carbocycles. The summed E-state index contributed by atoms with van der Waals surface area (Å²) >= 11 is 0. The Morgan fingerprint density at radius 2 is 1.73 bits per heavy atom. The molecule has 2 amide bonds. The van der Waals surface area contributed by atoms with Gasteiger partial charge in [-0.3, -0.25) is 14.5 Å². The first kappa shape index (κ1) is 17.7. The highest BCUT2D eigenvalue weighted by Crippen LogP contribution is 2.20. The van der Waals surface area contributed by atoms with Crippen molar-refractivity contribution in [2.24, 2.45) is 0 Å². The molecule has 1 aliphatic rings. The third-order valence-corrected chi connectivity index (χ3v) is 3.97. The Labute approximate surface area is 151 Å². The van der Waals surface area contributed by atoms with Crippen LogP contribution < -0.4 is 10.1 Å². The molecule has 0 aromatic heterocycles. The highest BCUT2D eigenvalue weighted by Gasteiger charge is 2.30. The van der Waals surface area contributed by atoms with Crippen LogP contribution >= 0.6 is 0 Å². The standard InChI is InChI=1S/C20H20N2O4/c23-12-13-26-17-8-6-16(7-9-17)21-18-14-19(24)22(20(18)25)11-10-15-4-2-1-3-5-15/h1-9,14,21,23H,10-13H2. The minimum atomic E-state index is -0.327. The lowest BCUT2D eigenvalue weighted by Gasteiger charge is -2.15. The summed E-state index contributed by atoms with van der Waals surface area (Å²) in [4.78, 5) is 25.8. The van der Waals surface area contributed by atoms with Crippen LogP contribution in [0.1, 0.15) is 5.56 Å². The molecule has 2 N–H and O–H groups in total. The number of hydrogen-bond donors (Lipinski definition) is 2. The van der Waals surface area contributed by atoms with E-state index in [0.717, 1.165) is 5.56 Å². The van der Waals surface area contributed by atoms with E-state index in [0.29, 0.717) is 24.4 Å². The van der Waals surface area contributed by atoms with Gasteiger partial charge < -0.3 is 15.2 Å².